The SMILES string of the molecule is CCOC(C)c1ncc(C(C)N)c(C)n1. The molecule has 0 aliphatic heterocycles. The molecule has 0 fully saturated rings. The number of hydrogen-bond acceptors (Lipinski definition) is 4. The average Bonchev–Trinajstić information content (AvgIpc) is 2.17. The first kappa shape index (κ1) is 12.1. The van der Waals surface area contributed by atoms with Crippen LogP contribution in [0.5, 0.6) is 0 Å². The summed E-state index contributed by atoms with van der Waals surface area (Å²) in [5.74, 6) is 0.721. The molecule has 0 saturated carbocycles. The Labute approximate surface area is 90.9 Å². The molecule has 15 heavy (non-hydrogen) atoms. The minimum atomic E-state index is -0.0594. The van der Waals surface area contributed by atoms with E-state index in [9.17, 15) is 0 Å². The monoisotopic (exact) mass is 209 g/mol. The second-order valence-corrected chi connectivity index (χ2v) is 3.66. The molecule has 2 N–H and O–H groups in total. The Bertz CT molecular complexity index is 326. The Morgan fingerprint density at radius 2 is 2.13 bits per heavy atom. The van der Waals surface area contributed by atoms with Gasteiger partial charge in [-0.25, -0.2) is 9.97 Å². The van der Waals surface area contributed by atoms with Gasteiger partial charge in [-0.3, -0.25) is 0 Å². The Morgan fingerprint density at radius 1 is 1.47 bits per heavy atom. The standard InChI is InChI=1S/C11H19N3O/c1-5-15-9(4)11-13-6-10(7(2)12)8(3)14-11/h6-7,9H,5,12H2,1-4H3. The maximum atomic E-state index is 5.79. The van der Waals surface area contributed by atoms with Crippen molar-refractivity contribution in [2.24, 2.45) is 5.73 Å². The van der Waals surface area contributed by atoms with Crippen LogP contribution in [0.15, 0.2) is 6.20 Å². The fourth-order valence-corrected chi connectivity index (χ4v) is 1.46. The molecule has 2 unspecified atom stereocenters. The highest BCUT2D eigenvalue weighted by Gasteiger charge is 2.11. The van der Waals surface area contributed by atoms with Crippen molar-refractivity contribution in [3.63, 3.8) is 0 Å². The van der Waals surface area contributed by atoms with E-state index in [0.29, 0.717) is 6.61 Å². The molecule has 0 amide bonds. The highest BCUT2D eigenvalue weighted by molar-refractivity contribution is 5.19. The Morgan fingerprint density at radius 3 is 2.60 bits per heavy atom. The van der Waals surface area contributed by atoms with Crippen molar-refractivity contribution >= 4 is 0 Å². The third-order valence-electron chi connectivity index (χ3n) is 2.31. The fraction of sp³-hybridized carbons (Fsp3) is 0.636. The topological polar surface area (TPSA) is 61.0 Å². The summed E-state index contributed by atoms with van der Waals surface area (Å²) in [6.45, 7) is 8.45. The molecule has 84 valence electrons. The van der Waals surface area contributed by atoms with Crippen molar-refractivity contribution in [3.05, 3.63) is 23.3 Å². The van der Waals surface area contributed by atoms with Crippen molar-refractivity contribution in [2.45, 2.75) is 39.8 Å². The van der Waals surface area contributed by atoms with Gasteiger partial charge in [0.15, 0.2) is 5.82 Å². The van der Waals surface area contributed by atoms with Gasteiger partial charge in [0.1, 0.15) is 6.10 Å². The molecule has 1 rings (SSSR count). The zero-order valence-electron chi connectivity index (χ0n) is 9.82. The molecular formula is C11H19N3O. The molecule has 4 nitrogen and oxygen atoms in total. The van der Waals surface area contributed by atoms with Crippen LogP contribution in [0.4, 0.5) is 0 Å². The Balaban J connectivity index is 2.91. The molecule has 0 aliphatic carbocycles. The number of ether oxygens (including phenoxy) is 1. The van der Waals surface area contributed by atoms with Crippen LogP contribution in [-0.4, -0.2) is 16.6 Å². The van der Waals surface area contributed by atoms with Crippen LogP contribution in [0.25, 0.3) is 0 Å². The first-order chi connectivity index (χ1) is 7.06. The van der Waals surface area contributed by atoms with E-state index in [1.54, 1.807) is 6.20 Å². The van der Waals surface area contributed by atoms with E-state index < -0.39 is 0 Å². The number of aromatic nitrogens is 2. The predicted octanol–water partition coefficient (Wildman–Crippen LogP) is 1.90. The van der Waals surface area contributed by atoms with Crippen LogP contribution < -0.4 is 5.73 Å². The maximum Gasteiger partial charge on any atom is 0.157 e. The summed E-state index contributed by atoms with van der Waals surface area (Å²) < 4.78 is 5.43. The van der Waals surface area contributed by atoms with Gasteiger partial charge in [0, 0.05) is 30.1 Å². The van der Waals surface area contributed by atoms with Gasteiger partial charge in [0.2, 0.25) is 0 Å². The molecule has 2 atom stereocenters. The van der Waals surface area contributed by atoms with E-state index in [1.165, 1.54) is 0 Å². The van der Waals surface area contributed by atoms with Crippen LogP contribution in [-0.2, 0) is 4.74 Å². The lowest BCUT2D eigenvalue weighted by molar-refractivity contribution is 0.0698. The van der Waals surface area contributed by atoms with E-state index in [1.807, 2.05) is 27.7 Å². The van der Waals surface area contributed by atoms with Gasteiger partial charge in [-0.1, -0.05) is 0 Å². The minimum Gasteiger partial charge on any atom is -0.371 e. The van der Waals surface area contributed by atoms with Crippen LogP contribution in [0.2, 0.25) is 0 Å². The van der Waals surface area contributed by atoms with Crippen LogP contribution in [0, 0.1) is 6.92 Å². The lowest BCUT2D eigenvalue weighted by Gasteiger charge is -2.13. The Kier molecular flexibility index (Phi) is 4.17. The molecule has 4 heteroatoms. The normalized spacial score (nSPS) is 15.0. The average molecular weight is 209 g/mol. The highest BCUT2D eigenvalue weighted by Crippen LogP contribution is 2.16. The van der Waals surface area contributed by atoms with Gasteiger partial charge in [-0.05, 0) is 27.7 Å². The van der Waals surface area contributed by atoms with Crippen molar-refractivity contribution in [1.29, 1.82) is 0 Å². The molecule has 1 heterocycles. The summed E-state index contributed by atoms with van der Waals surface area (Å²) in [5.41, 5.74) is 7.71. The summed E-state index contributed by atoms with van der Waals surface area (Å²) in [6, 6.07) is -0.0264. The van der Waals surface area contributed by atoms with E-state index >= 15 is 0 Å². The second kappa shape index (κ2) is 5.19. The van der Waals surface area contributed by atoms with E-state index in [2.05, 4.69) is 9.97 Å². The lowest BCUT2D eigenvalue weighted by atomic mass is 10.1. The molecule has 0 radical (unpaired) electrons. The third kappa shape index (κ3) is 2.97. The smallest absolute Gasteiger partial charge is 0.157 e. The third-order valence-corrected chi connectivity index (χ3v) is 2.31. The number of nitrogens with zero attached hydrogens (tertiary/aromatic N) is 2. The van der Waals surface area contributed by atoms with E-state index in [4.69, 9.17) is 10.5 Å². The van der Waals surface area contributed by atoms with Crippen LogP contribution >= 0.6 is 0 Å². The van der Waals surface area contributed by atoms with Crippen molar-refractivity contribution in [3.8, 4) is 0 Å². The molecule has 0 saturated heterocycles. The van der Waals surface area contributed by atoms with Gasteiger partial charge in [0.25, 0.3) is 0 Å². The number of aryl methyl sites for hydroxylation is 1. The van der Waals surface area contributed by atoms with Gasteiger partial charge < -0.3 is 10.5 Å². The van der Waals surface area contributed by atoms with E-state index in [-0.39, 0.29) is 12.1 Å². The summed E-state index contributed by atoms with van der Waals surface area (Å²) >= 11 is 0. The van der Waals surface area contributed by atoms with Gasteiger partial charge >= 0.3 is 0 Å². The lowest BCUT2D eigenvalue weighted by Crippen LogP contribution is -2.12. The highest BCUT2D eigenvalue weighted by atomic mass is 16.5. The maximum absolute atomic E-state index is 5.79. The number of nitrogens with two attached hydrogens (primary N) is 1. The zero-order chi connectivity index (χ0) is 11.4. The zero-order valence-corrected chi connectivity index (χ0v) is 9.82. The minimum absolute atomic E-state index is 0.0264. The molecule has 1 aromatic rings. The first-order valence-electron chi connectivity index (χ1n) is 5.26. The summed E-state index contributed by atoms with van der Waals surface area (Å²) in [4.78, 5) is 8.66. The molecule has 0 aromatic carbocycles. The predicted molar refractivity (Wildman–Crippen MR) is 59.4 cm³/mol. The molecule has 0 aliphatic rings. The van der Waals surface area contributed by atoms with Gasteiger partial charge in [0.05, 0.1) is 0 Å². The summed E-state index contributed by atoms with van der Waals surface area (Å²) in [6.07, 6.45) is 1.73. The van der Waals surface area contributed by atoms with Crippen molar-refractivity contribution in [2.75, 3.05) is 6.61 Å². The number of hydrogen-bond donors (Lipinski definition) is 1. The molecule has 0 spiro atoms. The first-order valence-corrected chi connectivity index (χ1v) is 5.26. The molecular weight excluding hydrogens is 190 g/mol. The molecule has 0 bridgehead atoms. The second-order valence-electron chi connectivity index (χ2n) is 3.66. The number of rotatable bonds is 4. The van der Waals surface area contributed by atoms with Crippen molar-refractivity contribution < 1.29 is 4.74 Å². The quantitative estimate of drug-likeness (QED) is 0.822. The summed E-state index contributed by atoms with van der Waals surface area (Å²) in [5, 5.41) is 0. The van der Waals surface area contributed by atoms with E-state index in [0.717, 1.165) is 17.1 Å². The van der Waals surface area contributed by atoms with Crippen molar-refractivity contribution in [1.82, 2.24) is 9.97 Å². The van der Waals surface area contributed by atoms with Gasteiger partial charge in [-0.2, -0.15) is 0 Å². The summed E-state index contributed by atoms with van der Waals surface area (Å²) in [7, 11) is 0. The molecule has 1 aromatic heterocycles. The Hall–Kier alpha value is -1.00. The van der Waals surface area contributed by atoms with Gasteiger partial charge in [-0.15, -0.1) is 0 Å². The largest absolute Gasteiger partial charge is 0.371 e. The van der Waals surface area contributed by atoms with Crippen LogP contribution in [0.1, 0.15) is 50.0 Å². The fourth-order valence-electron chi connectivity index (χ4n) is 1.46. The van der Waals surface area contributed by atoms with Crippen LogP contribution in [0.3, 0.4) is 0 Å².